The molecule has 3 nitrogen and oxygen atoms in total. The lowest BCUT2D eigenvalue weighted by molar-refractivity contribution is 0.630. The van der Waals surface area contributed by atoms with Crippen LogP contribution in [0.5, 0.6) is 0 Å². The maximum Gasteiger partial charge on any atom is 0.175 e. The Bertz CT molecular complexity index is 408. The minimum Gasteiger partial charge on any atom is -0.372 e. The number of halogens is 1. The van der Waals surface area contributed by atoms with Gasteiger partial charge in [0.05, 0.1) is 6.20 Å². The fourth-order valence-corrected chi connectivity index (χ4v) is 1.10. The maximum atomic E-state index is 13.0. The van der Waals surface area contributed by atoms with Crippen molar-refractivity contribution in [2.24, 2.45) is 0 Å². The van der Waals surface area contributed by atoms with Crippen LogP contribution >= 0.6 is 0 Å². The summed E-state index contributed by atoms with van der Waals surface area (Å²) in [5.41, 5.74) is 0.349. The zero-order valence-electron chi connectivity index (χ0n) is 6.58. The fourth-order valence-electron chi connectivity index (χ4n) is 1.10. The van der Waals surface area contributed by atoms with E-state index in [0.29, 0.717) is 11.5 Å². The summed E-state index contributed by atoms with van der Waals surface area (Å²) in [4.78, 5) is 4.01. The molecule has 0 aliphatic rings. The Hall–Kier alpha value is -1.58. The van der Waals surface area contributed by atoms with E-state index < -0.39 is 0 Å². The second-order valence-electron chi connectivity index (χ2n) is 2.46. The third kappa shape index (κ3) is 0.922. The van der Waals surface area contributed by atoms with Crippen molar-refractivity contribution in [3.05, 3.63) is 30.3 Å². The predicted molar refractivity (Wildman–Crippen MR) is 44.7 cm³/mol. The summed E-state index contributed by atoms with van der Waals surface area (Å²) in [6.07, 6.45) is 3.49. The maximum absolute atomic E-state index is 13.0. The van der Waals surface area contributed by atoms with Crippen LogP contribution in [-0.4, -0.2) is 16.4 Å². The summed E-state index contributed by atoms with van der Waals surface area (Å²) < 4.78 is 14.7. The van der Waals surface area contributed by atoms with Crippen LogP contribution in [0.15, 0.2) is 24.5 Å². The number of pyridine rings is 1. The van der Waals surface area contributed by atoms with Crippen molar-refractivity contribution in [3.8, 4) is 0 Å². The molecule has 0 aromatic carbocycles. The van der Waals surface area contributed by atoms with Crippen LogP contribution in [0.3, 0.4) is 0 Å². The SMILES string of the molecule is CNc1cn2cccc(F)c2n1. The second kappa shape index (κ2) is 2.48. The van der Waals surface area contributed by atoms with Gasteiger partial charge in [-0.2, -0.15) is 0 Å². The quantitative estimate of drug-likeness (QED) is 0.694. The molecule has 0 aliphatic heterocycles. The van der Waals surface area contributed by atoms with Gasteiger partial charge in [0.15, 0.2) is 11.5 Å². The third-order valence-corrected chi connectivity index (χ3v) is 1.69. The van der Waals surface area contributed by atoms with Gasteiger partial charge in [0.25, 0.3) is 0 Å². The minimum atomic E-state index is -0.306. The first kappa shape index (κ1) is 7.09. The summed E-state index contributed by atoms with van der Waals surface area (Å²) in [5.74, 6) is 0.360. The average molecular weight is 165 g/mol. The first-order chi connectivity index (χ1) is 5.81. The number of nitrogens with zero attached hydrogens (tertiary/aromatic N) is 2. The highest BCUT2D eigenvalue weighted by Crippen LogP contribution is 2.11. The van der Waals surface area contributed by atoms with E-state index in [4.69, 9.17) is 0 Å². The molecule has 4 heteroatoms. The summed E-state index contributed by atoms with van der Waals surface area (Å²) in [6, 6.07) is 3.03. The molecule has 62 valence electrons. The Morgan fingerprint density at radius 2 is 2.42 bits per heavy atom. The Balaban J connectivity index is 2.74. The Kier molecular flexibility index (Phi) is 1.46. The van der Waals surface area contributed by atoms with Gasteiger partial charge < -0.3 is 9.72 Å². The van der Waals surface area contributed by atoms with Gasteiger partial charge >= 0.3 is 0 Å². The van der Waals surface area contributed by atoms with Gasteiger partial charge in [-0.1, -0.05) is 0 Å². The lowest BCUT2D eigenvalue weighted by Crippen LogP contribution is -1.86. The largest absolute Gasteiger partial charge is 0.372 e. The zero-order chi connectivity index (χ0) is 8.55. The van der Waals surface area contributed by atoms with Gasteiger partial charge in [0, 0.05) is 13.2 Å². The van der Waals surface area contributed by atoms with Gasteiger partial charge in [0.2, 0.25) is 0 Å². The highest BCUT2D eigenvalue weighted by atomic mass is 19.1. The Morgan fingerprint density at radius 1 is 1.58 bits per heavy atom. The predicted octanol–water partition coefficient (Wildman–Crippen LogP) is 1.52. The normalized spacial score (nSPS) is 10.5. The van der Waals surface area contributed by atoms with Crippen LogP contribution in [-0.2, 0) is 0 Å². The van der Waals surface area contributed by atoms with E-state index in [1.54, 1.807) is 29.9 Å². The van der Waals surface area contributed by atoms with Gasteiger partial charge in [-0.3, -0.25) is 0 Å². The van der Waals surface area contributed by atoms with Crippen LogP contribution < -0.4 is 5.32 Å². The first-order valence-corrected chi connectivity index (χ1v) is 3.62. The molecule has 2 heterocycles. The van der Waals surface area contributed by atoms with Crippen molar-refractivity contribution in [2.45, 2.75) is 0 Å². The number of rotatable bonds is 1. The topological polar surface area (TPSA) is 29.3 Å². The number of aromatic nitrogens is 2. The molecule has 0 fully saturated rings. The lowest BCUT2D eigenvalue weighted by Gasteiger charge is -1.90. The molecule has 0 radical (unpaired) electrons. The molecule has 0 unspecified atom stereocenters. The van der Waals surface area contributed by atoms with Crippen molar-refractivity contribution >= 4 is 11.5 Å². The Labute approximate surface area is 68.8 Å². The van der Waals surface area contributed by atoms with E-state index in [-0.39, 0.29) is 5.82 Å². The number of fused-ring (bicyclic) bond motifs is 1. The zero-order valence-corrected chi connectivity index (χ0v) is 6.58. The molecule has 0 saturated heterocycles. The van der Waals surface area contributed by atoms with E-state index in [0.717, 1.165) is 0 Å². The molecule has 0 spiro atoms. The standard InChI is InChI=1S/C8H8FN3/c1-10-7-5-12-4-2-3-6(9)8(12)11-7/h2-5,10H,1H3. The summed E-state index contributed by atoms with van der Waals surface area (Å²) in [7, 11) is 1.75. The summed E-state index contributed by atoms with van der Waals surface area (Å²) >= 11 is 0. The monoisotopic (exact) mass is 165 g/mol. The highest BCUT2D eigenvalue weighted by Gasteiger charge is 2.02. The van der Waals surface area contributed by atoms with Crippen molar-refractivity contribution in [1.82, 2.24) is 9.38 Å². The number of anilines is 1. The molecular formula is C8H8FN3. The molecule has 0 amide bonds. The molecule has 0 aliphatic carbocycles. The number of hydrogen-bond donors (Lipinski definition) is 1. The molecule has 2 rings (SSSR count). The molecule has 2 aromatic heterocycles. The number of nitrogens with one attached hydrogen (secondary N) is 1. The van der Waals surface area contributed by atoms with Gasteiger partial charge in [-0.05, 0) is 12.1 Å². The van der Waals surface area contributed by atoms with Crippen molar-refractivity contribution < 1.29 is 4.39 Å². The van der Waals surface area contributed by atoms with E-state index in [2.05, 4.69) is 10.3 Å². The molecule has 0 bridgehead atoms. The minimum absolute atomic E-state index is 0.306. The van der Waals surface area contributed by atoms with E-state index in [1.807, 2.05) is 0 Å². The molecule has 2 aromatic rings. The molecule has 0 atom stereocenters. The van der Waals surface area contributed by atoms with Gasteiger partial charge in [0.1, 0.15) is 5.82 Å². The second-order valence-corrected chi connectivity index (χ2v) is 2.46. The number of hydrogen-bond acceptors (Lipinski definition) is 2. The Morgan fingerprint density at radius 3 is 3.08 bits per heavy atom. The van der Waals surface area contributed by atoms with Crippen LogP contribution in [0.4, 0.5) is 10.2 Å². The first-order valence-electron chi connectivity index (χ1n) is 3.62. The fraction of sp³-hybridized carbons (Fsp3) is 0.125. The van der Waals surface area contributed by atoms with Crippen LogP contribution in [0, 0.1) is 5.82 Å². The van der Waals surface area contributed by atoms with E-state index in [9.17, 15) is 4.39 Å². The third-order valence-electron chi connectivity index (χ3n) is 1.69. The molecule has 12 heavy (non-hydrogen) atoms. The van der Waals surface area contributed by atoms with Crippen LogP contribution in [0.25, 0.3) is 5.65 Å². The molecule has 1 N–H and O–H groups in total. The van der Waals surface area contributed by atoms with Crippen molar-refractivity contribution in [1.29, 1.82) is 0 Å². The number of imidazole rings is 1. The smallest absolute Gasteiger partial charge is 0.175 e. The van der Waals surface area contributed by atoms with Gasteiger partial charge in [-0.15, -0.1) is 0 Å². The van der Waals surface area contributed by atoms with E-state index >= 15 is 0 Å². The summed E-state index contributed by atoms with van der Waals surface area (Å²) in [6.45, 7) is 0. The molecular weight excluding hydrogens is 157 g/mol. The van der Waals surface area contributed by atoms with E-state index in [1.165, 1.54) is 6.07 Å². The van der Waals surface area contributed by atoms with Crippen LogP contribution in [0.1, 0.15) is 0 Å². The summed E-state index contributed by atoms with van der Waals surface area (Å²) in [5, 5.41) is 2.84. The van der Waals surface area contributed by atoms with Crippen molar-refractivity contribution in [2.75, 3.05) is 12.4 Å². The molecule has 0 saturated carbocycles. The average Bonchev–Trinajstić information content (AvgIpc) is 2.49. The van der Waals surface area contributed by atoms with Crippen LogP contribution in [0.2, 0.25) is 0 Å². The van der Waals surface area contributed by atoms with Gasteiger partial charge in [-0.25, -0.2) is 9.37 Å². The highest BCUT2D eigenvalue weighted by molar-refractivity contribution is 5.49. The van der Waals surface area contributed by atoms with Crippen molar-refractivity contribution in [3.63, 3.8) is 0 Å². The lowest BCUT2D eigenvalue weighted by atomic mass is 10.4.